The number of halogens is 3. The Morgan fingerprint density at radius 2 is 1.80 bits per heavy atom. The van der Waals surface area contributed by atoms with Gasteiger partial charge in [0.15, 0.2) is 6.29 Å². The summed E-state index contributed by atoms with van der Waals surface area (Å²) < 4.78 is 52.2. The Kier molecular flexibility index (Phi) is 10.4. The van der Waals surface area contributed by atoms with Crippen LogP contribution in [0, 0.1) is 0 Å². The van der Waals surface area contributed by atoms with Crippen LogP contribution < -0.4 is 5.32 Å². The van der Waals surface area contributed by atoms with Crippen LogP contribution in [-0.2, 0) is 25.7 Å². The van der Waals surface area contributed by atoms with Crippen LogP contribution in [0.2, 0.25) is 0 Å². The fourth-order valence-corrected chi connectivity index (χ4v) is 6.54. The van der Waals surface area contributed by atoms with Crippen molar-refractivity contribution in [2.75, 3.05) is 25.0 Å². The van der Waals surface area contributed by atoms with Gasteiger partial charge in [-0.3, -0.25) is 14.5 Å². The lowest BCUT2D eigenvalue weighted by Crippen LogP contribution is -2.48. The molecule has 3 fully saturated rings. The van der Waals surface area contributed by atoms with Crippen molar-refractivity contribution >= 4 is 17.5 Å². The van der Waals surface area contributed by atoms with E-state index < -0.39 is 30.3 Å². The number of aliphatic hydroxyl groups is 1. The quantitative estimate of drug-likeness (QED) is 0.336. The molecule has 2 aromatic rings. The van der Waals surface area contributed by atoms with Crippen LogP contribution in [-0.4, -0.2) is 70.7 Å². The van der Waals surface area contributed by atoms with Crippen molar-refractivity contribution in [3.8, 4) is 0 Å². The van der Waals surface area contributed by atoms with Crippen LogP contribution in [0.3, 0.4) is 0 Å². The molecule has 0 bridgehead atoms. The number of benzene rings is 2. The predicted molar refractivity (Wildman–Crippen MR) is 158 cm³/mol. The van der Waals surface area contributed by atoms with Crippen LogP contribution in [0.25, 0.3) is 0 Å². The Morgan fingerprint density at radius 3 is 2.48 bits per heavy atom. The topological polar surface area (TPSA) is 91.3 Å². The monoisotopic (exact) mass is 615 g/mol. The van der Waals surface area contributed by atoms with Gasteiger partial charge in [0.25, 0.3) is 0 Å². The third kappa shape index (κ3) is 7.69. The number of carbonyl (C=O) groups is 2. The molecule has 5 rings (SSSR count). The Hall–Kier alpha value is -3.25. The summed E-state index contributed by atoms with van der Waals surface area (Å²) in [7, 11) is 0. The average Bonchev–Trinajstić information content (AvgIpc) is 3.73. The van der Waals surface area contributed by atoms with E-state index in [1.807, 2.05) is 36.4 Å². The molecule has 2 saturated heterocycles. The smallest absolute Gasteiger partial charge is 0.392 e. The van der Waals surface area contributed by atoms with E-state index >= 15 is 0 Å². The number of nitrogens with one attached hydrogen (secondary N) is 1. The van der Waals surface area contributed by atoms with Gasteiger partial charge in [-0.25, -0.2) is 0 Å². The summed E-state index contributed by atoms with van der Waals surface area (Å²) in [5, 5.41) is 12.2. The second kappa shape index (κ2) is 14.2. The van der Waals surface area contributed by atoms with Crippen molar-refractivity contribution in [2.45, 2.75) is 88.3 Å². The van der Waals surface area contributed by atoms with Gasteiger partial charge in [0.05, 0.1) is 18.8 Å². The van der Waals surface area contributed by atoms with Gasteiger partial charge in [0.2, 0.25) is 5.91 Å². The molecule has 2 aromatic carbocycles. The van der Waals surface area contributed by atoms with Gasteiger partial charge < -0.3 is 24.8 Å². The van der Waals surface area contributed by atoms with E-state index in [4.69, 9.17) is 9.47 Å². The zero-order chi connectivity index (χ0) is 31.3. The number of aliphatic hydroxyl groups excluding tert-OH is 1. The molecule has 4 unspecified atom stereocenters. The molecular formula is C33H40F3N3O5. The molecule has 8 nitrogen and oxygen atoms in total. The third-order valence-electron chi connectivity index (χ3n) is 8.74. The first-order valence-electron chi connectivity index (χ1n) is 15.3. The standard InChI is InChI=1S/C33H40F3N3O5/c1-2-16-38(26-9-3-4-10-26)20-27-19-29(23-14-12-22(21-40)13-15-23)44-31(43-27)24-7-5-8-25(18-24)37-30(41)28-11-6-17-39(28)32(42)33(34,35)36/h2,5,7-8,12-15,18,26-29,31,40H,1,3-4,6,9-11,16-17,19-21H2,(H,37,41). The SMILES string of the molecule is C=CCN(CC1CC(c2ccc(CO)cc2)OC(c2cccc(NC(=O)C3CCCN3C(=O)C(F)(F)F)c2)O1)C1CCCC1. The summed E-state index contributed by atoms with van der Waals surface area (Å²) >= 11 is 0. The summed E-state index contributed by atoms with van der Waals surface area (Å²) in [5.74, 6) is -2.67. The zero-order valence-electron chi connectivity index (χ0n) is 24.7. The second-order valence-corrected chi connectivity index (χ2v) is 11.8. The number of ether oxygens (including phenoxy) is 2. The van der Waals surface area contributed by atoms with E-state index in [0.717, 1.165) is 30.5 Å². The lowest BCUT2D eigenvalue weighted by Gasteiger charge is -2.39. The maximum atomic E-state index is 13.1. The van der Waals surface area contributed by atoms with E-state index in [9.17, 15) is 27.9 Å². The maximum absolute atomic E-state index is 13.1. The lowest BCUT2D eigenvalue weighted by atomic mass is 9.99. The highest BCUT2D eigenvalue weighted by Crippen LogP contribution is 2.39. The molecule has 0 spiro atoms. The summed E-state index contributed by atoms with van der Waals surface area (Å²) in [6, 6.07) is 13.8. The fraction of sp³-hybridized carbons (Fsp3) is 0.515. The summed E-state index contributed by atoms with van der Waals surface area (Å²) in [5.41, 5.74) is 2.77. The number of amides is 2. The zero-order valence-corrected chi connectivity index (χ0v) is 24.7. The van der Waals surface area contributed by atoms with Gasteiger partial charge in [-0.2, -0.15) is 13.2 Å². The third-order valence-corrected chi connectivity index (χ3v) is 8.74. The van der Waals surface area contributed by atoms with Gasteiger partial charge in [0, 0.05) is 43.3 Å². The largest absolute Gasteiger partial charge is 0.471 e. The molecule has 1 aliphatic carbocycles. The van der Waals surface area contributed by atoms with Gasteiger partial charge >= 0.3 is 12.1 Å². The Balaban J connectivity index is 1.34. The summed E-state index contributed by atoms with van der Waals surface area (Å²) in [4.78, 5) is 27.9. The second-order valence-electron chi connectivity index (χ2n) is 11.8. The van der Waals surface area contributed by atoms with E-state index in [2.05, 4.69) is 16.8 Å². The van der Waals surface area contributed by atoms with Crippen molar-refractivity contribution < 1.29 is 37.3 Å². The van der Waals surface area contributed by atoms with Gasteiger partial charge in [-0.05, 0) is 48.9 Å². The van der Waals surface area contributed by atoms with Crippen molar-refractivity contribution in [3.63, 3.8) is 0 Å². The first-order valence-corrected chi connectivity index (χ1v) is 15.3. The van der Waals surface area contributed by atoms with Crippen molar-refractivity contribution in [1.82, 2.24) is 9.80 Å². The number of hydrogen-bond donors (Lipinski definition) is 2. The van der Waals surface area contributed by atoms with E-state index in [1.54, 1.807) is 18.2 Å². The first-order chi connectivity index (χ1) is 21.2. The van der Waals surface area contributed by atoms with Crippen LogP contribution in [0.5, 0.6) is 0 Å². The van der Waals surface area contributed by atoms with Crippen molar-refractivity contribution in [1.29, 1.82) is 0 Å². The van der Waals surface area contributed by atoms with Crippen molar-refractivity contribution in [2.24, 2.45) is 0 Å². The maximum Gasteiger partial charge on any atom is 0.471 e. The highest BCUT2D eigenvalue weighted by molar-refractivity contribution is 5.98. The van der Waals surface area contributed by atoms with Crippen LogP contribution in [0.4, 0.5) is 18.9 Å². The minimum atomic E-state index is -5.04. The van der Waals surface area contributed by atoms with Gasteiger partial charge in [-0.15, -0.1) is 6.58 Å². The molecule has 0 aromatic heterocycles. The van der Waals surface area contributed by atoms with Crippen molar-refractivity contribution in [3.05, 3.63) is 77.9 Å². The molecule has 2 N–H and O–H groups in total. The lowest BCUT2D eigenvalue weighted by molar-refractivity contribution is -0.253. The Bertz CT molecular complexity index is 1300. The number of carbonyl (C=O) groups excluding carboxylic acids is 2. The van der Waals surface area contributed by atoms with Crippen LogP contribution in [0.15, 0.2) is 61.2 Å². The van der Waals surface area contributed by atoms with Crippen LogP contribution >= 0.6 is 0 Å². The molecule has 2 amide bonds. The number of nitrogens with zero attached hydrogens (tertiary/aromatic N) is 2. The summed E-state index contributed by atoms with van der Waals surface area (Å²) in [6.45, 7) is 5.23. The molecule has 2 heterocycles. The number of alkyl halides is 3. The highest BCUT2D eigenvalue weighted by atomic mass is 19.4. The fourth-order valence-electron chi connectivity index (χ4n) is 6.54. The Labute approximate surface area is 255 Å². The number of likely N-dealkylation sites (tertiary alicyclic amines) is 1. The Morgan fingerprint density at radius 1 is 1.05 bits per heavy atom. The molecule has 2 aliphatic heterocycles. The normalized spacial score (nSPS) is 24.5. The van der Waals surface area contributed by atoms with Gasteiger partial charge in [0.1, 0.15) is 6.04 Å². The molecule has 1 saturated carbocycles. The van der Waals surface area contributed by atoms with E-state index in [0.29, 0.717) is 41.6 Å². The number of rotatable bonds is 10. The minimum absolute atomic E-state index is 0.0560. The molecule has 238 valence electrons. The van der Waals surface area contributed by atoms with Gasteiger partial charge in [-0.1, -0.05) is 55.3 Å². The number of hydrogen-bond acceptors (Lipinski definition) is 6. The summed E-state index contributed by atoms with van der Waals surface area (Å²) in [6.07, 6.45) is 1.43. The average molecular weight is 616 g/mol. The number of anilines is 1. The molecule has 3 aliphatic rings. The highest BCUT2D eigenvalue weighted by Gasteiger charge is 2.47. The van der Waals surface area contributed by atoms with E-state index in [-0.39, 0.29) is 31.8 Å². The molecule has 0 radical (unpaired) electrons. The molecule has 4 atom stereocenters. The first kappa shape index (κ1) is 32.2. The molecule has 11 heteroatoms. The molecular weight excluding hydrogens is 575 g/mol. The van der Waals surface area contributed by atoms with Crippen LogP contribution in [0.1, 0.15) is 74.0 Å². The predicted octanol–water partition coefficient (Wildman–Crippen LogP) is 5.65. The minimum Gasteiger partial charge on any atom is -0.392 e. The van der Waals surface area contributed by atoms with E-state index in [1.165, 1.54) is 12.8 Å². The molecule has 44 heavy (non-hydrogen) atoms.